The fraction of sp³-hybridized carbons (Fsp3) is 0.364. The Hall–Kier alpha value is -1.96. The lowest BCUT2D eigenvalue weighted by atomic mass is 10.3. The van der Waals surface area contributed by atoms with E-state index < -0.39 is 18.5 Å². The number of nitrogens with one attached hydrogen (secondary N) is 1. The average Bonchev–Trinajstić information content (AvgIpc) is 2.32. The topological polar surface area (TPSA) is 61.8 Å². The largest absolute Gasteiger partial charge is 0.433 e. The minimum Gasteiger partial charge on any atom is -0.433 e. The van der Waals surface area contributed by atoms with Crippen LogP contribution in [0.2, 0.25) is 0 Å². The van der Waals surface area contributed by atoms with Gasteiger partial charge in [-0.05, 0) is 12.1 Å². The highest BCUT2D eigenvalue weighted by atomic mass is 19.3. The molecule has 2 amide bonds. The number of rotatable bonds is 5. The van der Waals surface area contributed by atoms with E-state index in [1.54, 1.807) is 0 Å². The van der Waals surface area contributed by atoms with Crippen LogP contribution >= 0.6 is 0 Å². The van der Waals surface area contributed by atoms with Crippen LogP contribution in [0.15, 0.2) is 18.2 Å². The molecule has 106 valence electrons. The Kier molecular flexibility index (Phi) is 5.43. The zero-order chi connectivity index (χ0) is 14.4. The number of carbonyl (C=O) groups excluding carboxylic acids is 1. The molecule has 19 heavy (non-hydrogen) atoms. The summed E-state index contributed by atoms with van der Waals surface area (Å²) in [6.45, 7) is -3.30. The maximum Gasteiger partial charge on any atom is 0.387 e. The zero-order valence-electron chi connectivity index (χ0n) is 10.1. The number of hydrogen-bond acceptors (Lipinski definition) is 3. The Labute approximate surface area is 107 Å². The van der Waals surface area contributed by atoms with Crippen LogP contribution < -0.4 is 10.1 Å². The first-order valence-corrected chi connectivity index (χ1v) is 5.31. The molecule has 1 aromatic carbocycles. The number of alkyl halides is 2. The molecule has 0 spiro atoms. The van der Waals surface area contributed by atoms with Gasteiger partial charge < -0.3 is 20.1 Å². The number of likely N-dealkylation sites (N-methyl/N-ethyl adjacent to an activating group) is 1. The number of carbonyl (C=O) groups is 1. The molecule has 0 aromatic heterocycles. The minimum absolute atomic E-state index is 0.0478. The lowest BCUT2D eigenvalue weighted by Crippen LogP contribution is -2.33. The molecule has 0 radical (unpaired) electrons. The van der Waals surface area contributed by atoms with Crippen molar-refractivity contribution >= 4 is 11.7 Å². The van der Waals surface area contributed by atoms with Crippen molar-refractivity contribution in [2.24, 2.45) is 0 Å². The van der Waals surface area contributed by atoms with Crippen molar-refractivity contribution in [2.75, 3.05) is 25.5 Å². The third kappa shape index (κ3) is 4.66. The van der Waals surface area contributed by atoms with Gasteiger partial charge in [0.05, 0.1) is 12.3 Å². The van der Waals surface area contributed by atoms with Gasteiger partial charge in [-0.25, -0.2) is 9.18 Å². The fourth-order valence-corrected chi connectivity index (χ4v) is 1.26. The maximum absolute atomic E-state index is 13.0. The molecule has 0 saturated carbocycles. The molecular weight excluding hydrogens is 265 g/mol. The first-order chi connectivity index (χ1) is 8.93. The highest BCUT2D eigenvalue weighted by molar-refractivity contribution is 5.90. The summed E-state index contributed by atoms with van der Waals surface area (Å²) in [6.07, 6.45) is 0. The third-order valence-corrected chi connectivity index (χ3v) is 2.18. The summed E-state index contributed by atoms with van der Waals surface area (Å²) < 4.78 is 41.5. The molecule has 0 heterocycles. The van der Waals surface area contributed by atoms with Crippen LogP contribution in [0.4, 0.5) is 23.7 Å². The van der Waals surface area contributed by atoms with Gasteiger partial charge in [0.1, 0.15) is 11.6 Å². The summed E-state index contributed by atoms with van der Waals surface area (Å²) in [5.74, 6) is -1.05. The average molecular weight is 278 g/mol. The SMILES string of the molecule is CN(CCO)C(=O)Nc1cc(F)ccc1OC(F)F. The van der Waals surface area contributed by atoms with Gasteiger partial charge >= 0.3 is 12.6 Å². The number of benzene rings is 1. The number of nitrogens with zero attached hydrogens (tertiary/aromatic N) is 1. The van der Waals surface area contributed by atoms with Crippen LogP contribution in [0.25, 0.3) is 0 Å². The zero-order valence-corrected chi connectivity index (χ0v) is 10.1. The van der Waals surface area contributed by atoms with E-state index >= 15 is 0 Å². The van der Waals surface area contributed by atoms with Crippen molar-refractivity contribution < 1.29 is 27.8 Å². The molecular formula is C11H13F3N2O3. The van der Waals surface area contributed by atoms with Gasteiger partial charge in [-0.3, -0.25) is 0 Å². The second kappa shape index (κ2) is 6.83. The number of aliphatic hydroxyl groups is 1. The Morgan fingerprint density at radius 3 is 2.79 bits per heavy atom. The molecule has 0 unspecified atom stereocenters. The van der Waals surface area contributed by atoms with Crippen molar-refractivity contribution in [1.82, 2.24) is 4.90 Å². The number of anilines is 1. The highest BCUT2D eigenvalue weighted by Gasteiger charge is 2.15. The van der Waals surface area contributed by atoms with Crippen LogP contribution in [0.5, 0.6) is 5.75 Å². The van der Waals surface area contributed by atoms with Crippen LogP contribution in [0.1, 0.15) is 0 Å². The summed E-state index contributed by atoms with van der Waals surface area (Å²) in [5.41, 5.74) is -0.213. The summed E-state index contributed by atoms with van der Waals surface area (Å²) in [4.78, 5) is 12.7. The van der Waals surface area contributed by atoms with Crippen molar-refractivity contribution in [3.8, 4) is 5.75 Å². The second-order valence-electron chi connectivity index (χ2n) is 3.59. The summed E-state index contributed by atoms with van der Waals surface area (Å²) in [7, 11) is 1.39. The lowest BCUT2D eigenvalue weighted by Gasteiger charge is -2.18. The van der Waals surface area contributed by atoms with E-state index in [4.69, 9.17) is 5.11 Å². The predicted octanol–water partition coefficient (Wildman–Crippen LogP) is 1.88. The standard InChI is InChI=1S/C11H13F3N2O3/c1-16(4-5-17)11(18)15-8-6-7(12)2-3-9(8)19-10(13)14/h2-3,6,10,17H,4-5H2,1H3,(H,15,18). The number of ether oxygens (including phenoxy) is 1. The highest BCUT2D eigenvalue weighted by Crippen LogP contribution is 2.27. The van der Waals surface area contributed by atoms with E-state index in [2.05, 4.69) is 10.1 Å². The molecule has 0 aliphatic carbocycles. The van der Waals surface area contributed by atoms with Crippen LogP contribution in [-0.4, -0.2) is 42.8 Å². The van der Waals surface area contributed by atoms with Gasteiger partial charge in [-0.2, -0.15) is 8.78 Å². The smallest absolute Gasteiger partial charge is 0.387 e. The van der Waals surface area contributed by atoms with Gasteiger partial charge in [0.15, 0.2) is 0 Å². The molecule has 0 atom stereocenters. The van der Waals surface area contributed by atoms with Crippen LogP contribution in [-0.2, 0) is 0 Å². The quantitative estimate of drug-likeness (QED) is 0.864. The molecule has 0 fully saturated rings. The second-order valence-corrected chi connectivity index (χ2v) is 3.59. The van der Waals surface area contributed by atoms with Crippen LogP contribution in [0.3, 0.4) is 0 Å². The predicted molar refractivity (Wildman–Crippen MR) is 61.8 cm³/mol. The Bertz CT molecular complexity index is 443. The monoisotopic (exact) mass is 278 g/mol. The molecule has 0 aliphatic rings. The van der Waals surface area contributed by atoms with Gasteiger partial charge in [0.25, 0.3) is 0 Å². The van der Waals surface area contributed by atoms with Crippen molar-refractivity contribution in [2.45, 2.75) is 6.61 Å². The molecule has 0 saturated heterocycles. The summed E-state index contributed by atoms with van der Waals surface area (Å²) >= 11 is 0. The van der Waals surface area contributed by atoms with Gasteiger partial charge in [-0.1, -0.05) is 0 Å². The Morgan fingerprint density at radius 1 is 1.53 bits per heavy atom. The normalized spacial score (nSPS) is 10.4. The molecule has 8 heteroatoms. The molecule has 2 N–H and O–H groups in total. The first kappa shape index (κ1) is 15.1. The number of aliphatic hydroxyl groups excluding tert-OH is 1. The van der Waals surface area contributed by atoms with Crippen molar-refractivity contribution in [3.05, 3.63) is 24.0 Å². The fourth-order valence-electron chi connectivity index (χ4n) is 1.26. The van der Waals surface area contributed by atoms with E-state index in [1.807, 2.05) is 0 Å². The van der Waals surface area contributed by atoms with Crippen molar-refractivity contribution in [1.29, 1.82) is 0 Å². The number of urea groups is 1. The lowest BCUT2D eigenvalue weighted by molar-refractivity contribution is -0.0494. The molecule has 1 aromatic rings. The van der Waals surface area contributed by atoms with Crippen LogP contribution in [0, 0.1) is 5.82 Å². The minimum atomic E-state index is -3.09. The van der Waals surface area contributed by atoms with E-state index in [-0.39, 0.29) is 24.6 Å². The first-order valence-electron chi connectivity index (χ1n) is 5.31. The number of amides is 2. The van der Waals surface area contributed by atoms with Gasteiger partial charge in [0.2, 0.25) is 0 Å². The van der Waals surface area contributed by atoms with E-state index in [1.165, 1.54) is 7.05 Å². The Balaban J connectivity index is 2.86. The van der Waals surface area contributed by atoms with E-state index in [9.17, 15) is 18.0 Å². The maximum atomic E-state index is 13.0. The van der Waals surface area contributed by atoms with Crippen molar-refractivity contribution in [3.63, 3.8) is 0 Å². The molecule has 1 rings (SSSR count). The molecule has 0 bridgehead atoms. The Morgan fingerprint density at radius 2 is 2.21 bits per heavy atom. The molecule has 5 nitrogen and oxygen atoms in total. The van der Waals surface area contributed by atoms with Gasteiger partial charge in [-0.15, -0.1) is 0 Å². The van der Waals surface area contributed by atoms with Gasteiger partial charge in [0, 0.05) is 19.7 Å². The van der Waals surface area contributed by atoms with E-state index in [0.29, 0.717) is 0 Å². The molecule has 0 aliphatic heterocycles. The van der Waals surface area contributed by atoms with E-state index in [0.717, 1.165) is 23.1 Å². The summed E-state index contributed by atoms with van der Waals surface area (Å²) in [5, 5.41) is 10.9. The number of hydrogen-bond donors (Lipinski definition) is 2. The third-order valence-electron chi connectivity index (χ3n) is 2.18. The number of halogens is 3. The summed E-state index contributed by atoms with van der Waals surface area (Å²) in [6, 6.07) is 2.11.